The number of nitrogens with one attached hydrogen (secondary N) is 1. The maximum atomic E-state index is 12.9. The van der Waals surface area contributed by atoms with Crippen molar-refractivity contribution in [3.63, 3.8) is 0 Å². The minimum absolute atomic E-state index is 0.147. The first-order valence-electron chi connectivity index (χ1n) is 8.84. The molecule has 1 aliphatic heterocycles. The van der Waals surface area contributed by atoms with E-state index in [2.05, 4.69) is 9.97 Å². The average Bonchev–Trinajstić information content (AvgIpc) is 3.35. The highest BCUT2D eigenvalue weighted by Crippen LogP contribution is 2.26. The predicted molar refractivity (Wildman–Crippen MR) is 103 cm³/mol. The minimum Gasteiger partial charge on any atom is -0.480 e. The van der Waals surface area contributed by atoms with E-state index < -0.39 is 17.9 Å². The number of aromatic nitrogens is 2. The molecule has 0 bridgehead atoms. The Hall–Kier alpha value is -3.00. The molecule has 0 unspecified atom stereocenters. The Morgan fingerprint density at radius 1 is 1.29 bits per heavy atom. The van der Waals surface area contributed by atoms with Gasteiger partial charge >= 0.3 is 5.97 Å². The molecule has 4 rings (SSSR count). The summed E-state index contributed by atoms with van der Waals surface area (Å²) in [5, 5.41) is 9.54. The molecule has 1 atom stereocenters. The lowest BCUT2D eigenvalue weighted by Gasteiger charge is -2.31. The summed E-state index contributed by atoms with van der Waals surface area (Å²) in [6, 6.07) is 10.6. The Kier molecular flexibility index (Phi) is 4.95. The molecule has 1 aromatic carbocycles. The van der Waals surface area contributed by atoms with Gasteiger partial charge in [-0.2, -0.15) is 0 Å². The van der Waals surface area contributed by atoms with Crippen molar-refractivity contribution < 1.29 is 19.1 Å². The van der Waals surface area contributed by atoms with Crippen LogP contribution in [0.15, 0.2) is 52.0 Å². The standard InChI is InChI=1S/C20H19N3O4S/c1-12-2-5-14(6-3-12)28-10-13-4-7-18(27-13)19(24)23-9-16-15(21-11-22-16)8-17(23)20(25)26/h2-7,11,17H,8-10H2,1H3,(H,21,22)(H,25,26)/t17-/m0/s1. The molecule has 1 amide bonds. The van der Waals surface area contributed by atoms with Crippen LogP contribution in [0, 0.1) is 6.92 Å². The monoisotopic (exact) mass is 397 g/mol. The molecule has 2 N–H and O–H groups in total. The lowest BCUT2D eigenvalue weighted by molar-refractivity contribution is -0.142. The van der Waals surface area contributed by atoms with Crippen molar-refractivity contribution in [1.82, 2.24) is 14.9 Å². The molecule has 0 saturated heterocycles. The highest BCUT2D eigenvalue weighted by Gasteiger charge is 2.37. The third kappa shape index (κ3) is 3.68. The number of nitrogens with zero attached hydrogens (tertiary/aromatic N) is 2. The number of H-pyrrole nitrogens is 1. The SMILES string of the molecule is Cc1ccc(SCc2ccc(C(=O)N3Cc4[nH]cnc4C[C@H]3C(=O)O)o2)cc1. The van der Waals surface area contributed by atoms with E-state index in [9.17, 15) is 14.7 Å². The van der Waals surface area contributed by atoms with Crippen LogP contribution in [0.1, 0.15) is 33.3 Å². The fourth-order valence-corrected chi connectivity index (χ4v) is 3.96. The van der Waals surface area contributed by atoms with Crippen molar-refractivity contribution in [2.75, 3.05) is 0 Å². The van der Waals surface area contributed by atoms with Crippen LogP contribution in [-0.2, 0) is 23.5 Å². The van der Waals surface area contributed by atoms with Gasteiger partial charge in [-0.3, -0.25) is 4.79 Å². The lowest BCUT2D eigenvalue weighted by Crippen LogP contribution is -2.48. The van der Waals surface area contributed by atoms with Gasteiger partial charge < -0.3 is 19.4 Å². The number of fused-ring (bicyclic) bond motifs is 1. The van der Waals surface area contributed by atoms with E-state index in [1.807, 2.05) is 31.2 Å². The molecule has 3 heterocycles. The summed E-state index contributed by atoms with van der Waals surface area (Å²) >= 11 is 1.61. The van der Waals surface area contributed by atoms with Gasteiger partial charge in [0.05, 0.1) is 30.0 Å². The number of carboxylic acids is 1. The molecule has 144 valence electrons. The number of hydrogen-bond acceptors (Lipinski definition) is 5. The van der Waals surface area contributed by atoms with Gasteiger partial charge in [0.2, 0.25) is 0 Å². The highest BCUT2D eigenvalue weighted by molar-refractivity contribution is 7.98. The number of carbonyl (C=O) groups excluding carboxylic acids is 1. The van der Waals surface area contributed by atoms with E-state index in [-0.39, 0.29) is 18.7 Å². The summed E-state index contributed by atoms with van der Waals surface area (Å²) in [7, 11) is 0. The molecule has 0 fully saturated rings. The van der Waals surface area contributed by atoms with Gasteiger partial charge in [-0.1, -0.05) is 17.7 Å². The number of benzene rings is 1. The molecule has 8 heteroatoms. The molecule has 0 spiro atoms. The Bertz CT molecular complexity index is 1010. The zero-order valence-corrected chi connectivity index (χ0v) is 16.0. The normalized spacial score (nSPS) is 16.0. The van der Waals surface area contributed by atoms with Crippen molar-refractivity contribution >= 4 is 23.6 Å². The smallest absolute Gasteiger partial charge is 0.326 e. The van der Waals surface area contributed by atoms with Crippen molar-refractivity contribution in [2.45, 2.75) is 36.6 Å². The van der Waals surface area contributed by atoms with Crippen LogP contribution in [0.5, 0.6) is 0 Å². The third-order valence-electron chi connectivity index (χ3n) is 4.72. The Morgan fingerprint density at radius 3 is 2.82 bits per heavy atom. The fourth-order valence-electron chi connectivity index (χ4n) is 3.17. The van der Waals surface area contributed by atoms with E-state index in [4.69, 9.17) is 4.42 Å². The number of aromatic amines is 1. The Morgan fingerprint density at radius 2 is 2.07 bits per heavy atom. The van der Waals surface area contributed by atoms with Crippen molar-refractivity contribution in [3.8, 4) is 0 Å². The van der Waals surface area contributed by atoms with Crippen molar-refractivity contribution in [3.05, 3.63) is 71.2 Å². The zero-order valence-electron chi connectivity index (χ0n) is 15.2. The van der Waals surface area contributed by atoms with Gasteiger partial charge in [0.1, 0.15) is 11.8 Å². The molecular formula is C20H19N3O4S. The van der Waals surface area contributed by atoms with E-state index >= 15 is 0 Å². The molecule has 3 aromatic rings. The maximum absolute atomic E-state index is 12.9. The van der Waals surface area contributed by atoms with Gasteiger partial charge in [-0.05, 0) is 31.2 Å². The summed E-state index contributed by atoms with van der Waals surface area (Å²) in [5.41, 5.74) is 2.64. The molecule has 0 saturated carbocycles. The molecule has 0 aliphatic carbocycles. The number of imidazole rings is 1. The number of carbonyl (C=O) groups is 2. The molecule has 2 aromatic heterocycles. The summed E-state index contributed by atoms with van der Waals surface area (Å²) in [5.74, 6) is -0.0830. The predicted octanol–water partition coefficient (Wildman–Crippen LogP) is 3.26. The molecule has 28 heavy (non-hydrogen) atoms. The van der Waals surface area contributed by atoms with Gasteiger partial charge in [0.15, 0.2) is 5.76 Å². The second-order valence-electron chi connectivity index (χ2n) is 6.69. The maximum Gasteiger partial charge on any atom is 0.326 e. The lowest BCUT2D eigenvalue weighted by atomic mass is 10.0. The van der Waals surface area contributed by atoms with Crippen LogP contribution < -0.4 is 0 Å². The largest absolute Gasteiger partial charge is 0.480 e. The summed E-state index contributed by atoms with van der Waals surface area (Å²) in [6.07, 6.45) is 1.70. The Labute approximate surface area is 165 Å². The summed E-state index contributed by atoms with van der Waals surface area (Å²) in [4.78, 5) is 34.1. The van der Waals surface area contributed by atoms with Crippen LogP contribution in [-0.4, -0.2) is 37.9 Å². The van der Waals surface area contributed by atoms with Gasteiger partial charge in [-0.25, -0.2) is 9.78 Å². The van der Waals surface area contributed by atoms with Crippen molar-refractivity contribution in [2.24, 2.45) is 0 Å². The number of hydrogen-bond donors (Lipinski definition) is 2. The summed E-state index contributed by atoms with van der Waals surface area (Å²) < 4.78 is 5.71. The average molecular weight is 397 g/mol. The number of amides is 1. The number of thioether (sulfide) groups is 1. The number of rotatable bonds is 5. The zero-order chi connectivity index (χ0) is 19.7. The second-order valence-corrected chi connectivity index (χ2v) is 7.74. The number of carboxylic acid groups (broad SMARTS) is 1. The molecule has 7 nitrogen and oxygen atoms in total. The van der Waals surface area contributed by atoms with Gasteiger partial charge in [0.25, 0.3) is 5.91 Å². The van der Waals surface area contributed by atoms with Crippen LogP contribution >= 0.6 is 11.8 Å². The fraction of sp³-hybridized carbons (Fsp3) is 0.250. The summed E-state index contributed by atoms with van der Waals surface area (Å²) in [6.45, 7) is 2.20. The van der Waals surface area contributed by atoms with Crippen LogP contribution in [0.2, 0.25) is 0 Å². The van der Waals surface area contributed by atoms with Crippen LogP contribution in [0.4, 0.5) is 0 Å². The van der Waals surface area contributed by atoms with E-state index in [0.717, 1.165) is 10.6 Å². The van der Waals surface area contributed by atoms with Crippen molar-refractivity contribution in [1.29, 1.82) is 0 Å². The first-order valence-corrected chi connectivity index (χ1v) is 9.83. The quantitative estimate of drug-likeness (QED) is 0.641. The van der Waals surface area contributed by atoms with Crippen LogP contribution in [0.3, 0.4) is 0 Å². The third-order valence-corrected chi connectivity index (χ3v) is 5.75. The number of aryl methyl sites for hydroxylation is 1. The van der Waals surface area contributed by atoms with Crippen LogP contribution in [0.25, 0.3) is 0 Å². The molecule has 1 aliphatic rings. The van der Waals surface area contributed by atoms with Gasteiger partial charge in [0, 0.05) is 11.3 Å². The van der Waals surface area contributed by atoms with E-state index in [1.165, 1.54) is 16.8 Å². The van der Waals surface area contributed by atoms with E-state index in [0.29, 0.717) is 17.2 Å². The number of aliphatic carboxylic acids is 1. The Balaban J connectivity index is 1.47. The first-order chi connectivity index (χ1) is 13.5. The van der Waals surface area contributed by atoms with E-state index in [1.54, 1.807) is 23.9 Å². The second kappa shape index (κ2) is 7.55. The molecular weight excluding hydrogens is 378 g/mol. The first kappa shape index (κ1) is 18.4. The highest BCUT2D eigenvalue weighted by atomic mass is 32.2. The number of furan rings is 1. The minimum atomic E-state index is -1.05. The molecule has 0 radical (unpaired) electrons. The van der Waals surface area contributed by atoms with Gasteiger partial charge in [-0.15, -0.1) is 11.8 Å². The topological polar surface area (TPSA) is 99.4 Å².